The van der Waals surface area contributed by atoms with Crippen molar-refractivity contribution in [1.29, 1.82) is 0 Å². The zero-order valence-corrected chi connectivity index (χ0v) is 7.27. The molecule has 2 N–H and O–H groups in total. The van der Waals surface area contributed by atoms with Crippen molar-refractivity contribution in [3.05, 3.63) is 23.4 Å². The summed E-state index contributed by atoms with van der Waals surface area (Å²) in [5, 5.41) is 0. The molecule has 0 unspecified atom stereocenters. The summed E-state index contributed by atoms with van der Waals surface area (Å²) < 4.78 is 0. The van der Waals surface area contributed by atoms with Gasteiger partial charge in [0.05, 0.1) is 0 Å². The maximum atomic E-state index is 5.85. The van der Waals surface area contributed by atoms with Crippen molar-refractivity contribution in [3.63, 3.8) is 0 Å². The monoisotopic (exact) mass is 151 g/mol. The van der Waals surface area contributed by atoms with Gasteiger partial charge in [-0.05, 0) is 37.7 Å². The van der Waals surface area contributed by atoms with Crippen LogP contribution >= 0.6 is 0 Å². The average Bonchev–Trinajstić information content (AvgIpc) is 2.03. The molecule has 1 nitrogen and oxygen atoms in total. The molecule has 0 bridgehead atoms. The van der Waals surface area contributed by atoms with Gasteiger partial charge < -0.3 is 5.73 Å². The van der Waals surface area contributed by atoms with E-state index in [0.29, 0.717) is 0 Å². The molecular formula is C10H17N. The van der Waals surface area contributed by atoms with Crippen molar-refractivity contribution >= 4 is 0 Å². The fraction of sp³-hybridized carbons (Fsp3) is 0.600. The average molecular weight is 151 g/mol. The van der Waals surface area contributed by atoms with Crippen LogP contribution in [0.5, 0.6) is 0 Å². The maximum absolute atomic E-state index is 5.85. The summed E-state index contributed by atoms with van der Waals surface area (Å²) in [5.74, 6) is 0. The Labute approximate surface area is 69.0 Å². The topological polar surface area (TPSA) is 26.0 Å². The molecule has 1 aliphatic carbocycles. The number of hydrogen-bond donors (Lipinski definition) is 1. The van der Waals surface area contributed by atoms with Crippen molar-refractivity contribution in [2.75, 3.05) is 0 Å². The lowest BCUT2D eigenvalue weighted by atomic mass is 9.96. The summed E-state index contributed by atoms with van der Waals surface area (Å²) in [6, 6.07) is 0. The van der Waals surface area contributed by atoms with E-state index < -0.39 is 0 Å². The highest BCUT2D eigenvalue weighted by Crippen LogP contribution is 2.21. The molecule has 1 aliphatic rings. The zero-order valence-electron chi connectivity index (χ0n) is 7.27. The third-order valence-electron chi connectivity index (χ3n) is 2.11. The molecule has 0 aromatic carbocycles. The number of hydrogen-bond acceptors (Lipinski definition) is 1. The molecule has 0 amide bonds. The van der Waals surface area contributed by atoms with Gasteiger partial charge in [-0.3, -0.25) is 0 Å². The fourth-order valence-electron chi connectivity index (χ4n) is 1.40. The van der Waals surface area contributed by atoms with Crippen molar-refractivity contribution in [2.45, 2.75) is 39.0 Å². The normalized spacial score (nSPS) is 19.7. The third kappa shape index (κ3) is 2.41. The molecule has 0 spiro atoms. The molecule has 0 aliphatic heterocycles. The minimum atomic E-state index is 1.10. The highest BCUT2D eigenvalue weighted by Gasteiger charge is 2.05. The Morgan fingerprint density at radius 3 is 2.73 bits per heavy atom. The standard InChI is InChI=1S/C10H17N/c1-2-3-6-9-7-4-5-8-10(9)11/h3,6H,2,4-5,7-8,11H2,1H3. The third-order valence-corrected chi connectivity index (χ3v) is 2.11. The van der Waals surface area contributed by atoms with Crippen molar-refractivity contribution in [3.8, 4) is 0 Å². The smallest absolute Gasteiger partial charge is 0.0113 e. The number of nitrogens with two attached hydrogens (primary N) is 1. The van der Waals surface area contributed by atoms with Crippen LogP contribution in [-0.4, -0.2) is 0 Å². The SMILES string of the molecule is CCC=CC1=C(N)CCCC1. The largest absolute Gasteiger partial charge is 0.402 e. The van der Waals surface area contributed by atoms with Crippen LogP contribution in [0.2, 0.25) is 0 Å². The van der Waals surface area contributed by atoms with Crippen LogP contribution in [0.3, 0.4) is 0 Å². The number of allylic oxidation sites excluding steroid dienone is 4. The predicted octanol–water partition coefficient (Wildman–Crippen LogP) is 2.74. The molecule has 0 radical (unpaired) electrons. The fourth-order valence-corrected chi connectivity index (χ4v) is 1.40. The van der Waals surface area contributed by atoms with E-state index in [1.165, 1.54) is 24.8 Å². The Morgan fingerprint density at radius 1 is 1.36 bits per heavy atom. The van der Waals surface area contributed by atoms with Gasteiger partial charge in [0.2, 0.25) is 0 Å². The van der Waals surface area contributed by atoms with E-state index in [0.717, 1.165) is 18.5 Å². The molecule has 62 valence electrons. The van der Waals surface area contributed by atoms with E-state index in [1.54, 1.807) is 0 Å². The van der Waals surface area contributed by atoms with E-state index in [4.69, 9.17) is 5.73 Å². The lowest BCUT2D eigenvalue weighted by Crippen LogP contribution is -2.06. The lowest BCUT2D eigenvalue weighted by molar-refractivity contribution is 0.677. The van der Waals surface area contributed by atoms with E-state index >= 15 is 0 Å². The predicted molar refractivity (Wildman–Crippen MR) is 49.1 cm³/mol. The molecule has 0 heterocycles. The van der Waals surface area contributed by atoms with E-state index in [2.05, 4.69) is 19.1 Å². The minimum absolute atomic E-state index is 1.10. The van der Waals surface area contributed by atoms with Crippen LogP contribution in [0.4, 0.5) is 0 Å². The van der Waals surface area contributed by atoms with Crippen molar-refractivity contribution in [2.24, 2.45) is 5.73 Å². The highest BCUT2D eigenvalue weighted by atomic mass is 14.6. The van der Waals surface area contributed by atoms with Crippen molar-refractivity contribution < 1.29 is 0 Å². The Kier molecular flexibility index (Phi) is 3.21. The van der Waals surface area contributed by atoms with Gasteiger partial charge in [0.1, 0.15) is 0 Å². The van der Waals surface area contributed by atoms with Gasteiger partial charge in [0.15, 0.2) is 0 Å². The molecule has 0 fully saturated rings. The second-order valence-corrected chi connectivity index (χ2v) is 3.07. The highest BCUT2D eigenvalue weighted by molar-refractivity contribution is 5.25. The van der Waals surface area contributed by atoms with Crippen LogP contribution in [0.25, 0.3) is 0 Å². The Balaban J connectivity index is 2.59. The summed E-state index contributed by atoms with van der Waals surface area (Å²) >= 11 is 0. The second-order valence-electron chi connectivity index (χ2n) is 3.07. The van der Waals surface area contributed by atoms with E-state index in [-0.39, 0.29) is 0 Å². The Hall–Kier alpha value is -0.720. The molecule has 0 aromatic heterocycles. The van der Waals surface area contributed by atoms with Gasteiger partial charge in [0.25, 0.3) is 0 Å². The van der Waals surface area contributed by atoms with Gasteiger partial charge in [-0.1, -0.05) is 19.1 Å². The van der Waals surface area contributed by atoms with Gasteiger partial charge >= 0.3 is 0 Å². The lowest BCUT2D eigenvalue weighted by Gasteiger charge is -2.13. The quantitative estimate of drug-likeness (QED) is 0.645. The van der Waals surface area contributed by atoms with Crippen molar-refractivity contribution in [1.82, 2.24) is 0 Å². The van der Waals surface area contributed by atoms with E-state index in [9.17, 15) is 0 Å². The molecule has 1 heteroatoms. The molecule has 0 aromatic rings. The second kappa shape index (κ2) is 4.22. The molecule has 0 saturated carbocycles. The first-order chi connectivity index (χ1) is 5.34. The van der Waals surface area contributed by atoms with Gasteiger partial charge in [-0.2, -0.15) is 0 Å². The maximum Gasteiger partial charge on any atom is 0.0113 e. The summed E-state index contributed by atoms with van der Waals surface area (Å²) in [6.07, 6.45) is 10.4. The Bertz CT molecular complexity index is 177. The first-order valence-electron chi connectivity index (χ1n) is 4.48. The zero-order chi connectivity index (χ0) is 8.10. The van der Waals surface area contributed by atoms with Gasteiger partial charge in [-0.15, -0.1) is 0 Å². The molecule has 0 atom stereocenters. The van der Waals surface area contributed by atoms with Crippen LogP contribution in [-0.2, 0) is 0 Å². The van der Waals surface area contributed by atoms with Crippen LogP contribution < -0.4 is 5.73 Å². The van der Waals surface area contributed by atoms with Crippen LogP contribution in [0, 0.1) is 0 Å². The van der Waals surface area contributed by atoms with Crippen LogP contribution in [0.1, 0.15) is 39.0 Å². The van der Waals surface area contributed by atoms with Gasteiger partial charge in [-0.25, -0.2) is 0 Å². The van der Waals surface area contributed by atoms with Crippen LogP contribution in [0.15, 0.2) is 23.4 Å². The number of rotatable bonds is 2. The summed E-state index contributed by atoms with van der Waals surface area (Å²) in [6.45, 7) is 2.15. The molecular weight excluding hydrogens is 134 g/mol. The molecule has 11 heavy (non-hydrogen) atoms. The minimum Gasteiger partial charge on any atom is -0.402 e. The first kappa shape index (κ1) is 8.38. The van der Waals surface area contributed by atoms with Gasteiger partial charge in [0, 0.05) is 5.70 Å². The van der Waals surface area contributed by atoms with E-state index in [1.807, 2.05) is 0 Å². The molecule has 0 saturated heterocycles. The summed E-state index contributed by atoms with van der Waals surface area (Å²) in [4.78, 5) is 0. The first-order valence-corrected chi connectivity index (χ1v) is 4.48. The Morgan fingerprint density at radius 2 is 2.09 bits per heavy atom. The molecule has 1 rings (SSSR count). The summed E-state index contributed by atoms with van der Waals surface area (Å²) in [5.41, 5.74) is 8.33. The summed E-state index contributed by atoms with van der Waals surface area (Å²) in [7, 11) is 0.